The first-order valence-corrected chi connectivity index (χ1v) is 14.7. The van der Waals surface area contributed by atoms with E-state index in [-0.39, 0.29) is 0 Å². The van der Waals surface area contributed by atoms with Crippen molar-refractivity contribution in [2.75, 3.05) is 0 Å². The molecule has 2 atom stereocenters. The minimum absolute atomic E-state index is 0.716. The summed E-state index contributed by atoms with van der Waals surface area (Å²) in [4.78, 5) is 0. The molecule has 0 aliphatic heterocycles. The van der Waals surface area contributed by atoms with Gasteiger partial charge in [0, 0.05) is 0 Å². The summed E-state index contributed by atoms with van der Waals surface area (Å²) < 4.78 is 0. The fourth-order valence-electron chi connectivity index (χ4n) is 4.66. The third-order valence-electron chi connectivity index (χ3n) is 7.85. The molecule has 0 saturated heterocycles. The Kier molecular flexibility index (Phi) is 13.7. The van der Waals surface area contributed by atoms with Crippen LogP contribution in [0.4, 0.5) is 0 Å². The van der Waals surface area contributed by atoms with Gasteiger partial charge >= 0.3 is 0 Å². The third kappa shape index (κ3) is 10.3. The Hall–Kier alpha value is -3.72. The van der Waals surface area contributed by atoms with Crippen molar-refractivity contribution in [3.63, 3.8) is 0 Å². The van der Waals surface area contributed by atoms with Crippen LogP contribution in [0.5, 0.6) is 0 Å². The van der Waals surface area contributed by atoms with Crippen LogP contribution in [0.25, 0.3) is 6.08 Å². The molecule has 0 aromatic heterocycles. The second-order valence-electron chi connectivity index (χ2n) is 11.4. The van der Waals surface area contributed by atoms with E-state index in [9.17, 15) is 10.2 Å². The van der Waals surface area contributed by atoms with Gasteiger partial charge < -0.3 is 10.2 Å². The normalized spacial score (nSPS) is 15.6. The van der Waals surface area contributed by atoms with Gasteiger partial charge in [0.05, 0.1) is 0 Å². The fraction of sp³-hybridized carbons (Fsp3) is 0.300. The molecule has 0 radical (unpaired) electrons. The number of aryl methyl sites for hydroxylation is 4. The van der Waals surface area contributed by atoms with Gasteiger partial charge in [0.15, 0.2) is 0 Å². The van der Waals surface area contributed by atoms with Gasteiger partial charge in [-0.2, -0.15) is 0 Å². The number of aliphatic hydroxyl groups is 2. The smallest absolute Gasteiger partial charge is 0.109 e. The third-order valence-corrected chi connectivity index (χ3v) is 7.85. The van der Waals surface area contributed by atoms with Crippen LogP contribution in [0.1, 0.15) is 78.3 Å². The van der Waals surface area contributed by atoms with E-state index in [0.29, 0.717) is 5.57 Å². The van der Waals surface area contributed by atoms with Crippen molar-refractivity contribution in [3.05, 3.63) is 158 Å². The van der Waals surface area contributed by atoms with Gasteiger partial charge in [-0.1, -0.05) is 114 Å². The highest BCUT2D eigenvalue weighted by molar-refractivity contribution is 5.61. The van der Waals surface area contributed by atoms with E-state index in [1.54, 1.807) is 0 Å². The number of allylic oxidation sites excluding steroid dienone is 14. The number of rotatable bonds is 11. The quantitative estimate of drug-likeness (QED) is 0.268. The first-order valence-electron chi connectivity index (χ1n) is 14.7. The zero-order valence-corrected chi connectivity index (χ0v) is 27.3. The highest BCUT2D eigenvalue weighted by atomic mass is 16.3. The molecule has 2 aromatic carbocycles. The van der Waals surface area contributed by atoms with Crippen LogP contribution in [0.2, 0.25) is 0 Å². The van der Waals surface area contributed by atoms with Gasteiger partial charge in [-0.05, 0) is 119 Å². The van der Waals surface area contributed by atoms with Gasteiger partial charge in [0.1, 0.15) is 12.2 Å². The van der Waals surface area contributed by atoms with Gasteiger partial charge in [-0.15, -0.1) is 0 Å². The van der Waals surface area contributed by atoms with Crippen molar-refractivity contribution in [2.45, 2.75) is 81.4 Å². The van der Waals surface area contributed by atoms with Crippen LogP contribution < -0.4 is 0 Å². The molecule has 0 fully saturated rings. The average Bonchev–Trinajstić information content (AvgIpc) is 2.94. The Balaban J connectivity index is 1.95. The standard InChI is InChI=1S/C40H50O2/c1-27(17-13-18-29(3)21-26-37-32(6)24-22-30(4)35(37)9)15-11-12-16-28(2)19-14-20-34(8)39(41)40(42)38-33(7)25-23-31(5)36(38)10/h11-26,39-42H,1-10H3/b12-11+,17-13+,19-14+,26-21+,27-15+,28-16+,29-18+,34-20+. The predicted octanol–water partition coefficient (Wildman–Crippen LogP) is 10.1. The van der Waals surface area contributed by atoms with Crippen LogP contribution in [0.3, 0.4) is 0 Å². The first-order chi connectivity index (χ1) is 19.8. The second-order valence-corrected chi connectivity index (χ2v) is 11.4. The molecule has 42 heavy (non-hydrogen) atoms. The van der Waals surface area contributed by atoms with Crippen LogP contribution in [0.15, 0.2) is 113 Å². The fourth-order valence-corrected chi connectivity index (χ4v) is 4.66. The lowest BCUT2D eigenvalue weighted by Gasteiger charge is -2.23. The Morgan fingerprint density at radius 3 is 1.60 bits per heavy atom. The van der Waals surface area contributed by atoms with E-state index in [4.69, 9.17) is 0 Å². The number of aliphatic hydroxyl groups excluding tert-OH is 2. The maximum atomic E-state index is 10.9. The highest BCUT2D eigenvalue weighted by Crippen LogP contribution is 2.29. The molecule has 0 amide bonds. The molecule has 2 heteroatoms. The second kappa shape index (κ2) is 16.7. The molecule has 2 unspecified atom stereocenters. The molecular weight excluding hydrogens is 512 g/mol. The van der Waals surface area contributed by atoms with Crippen LogP contribution >= 0.6 is 0 Å². The van der Waals surface area contributed by atoms with Crippen molar-refractivity contribution >= 4 is 6.08 Å². The Labute approximate surface area is 255 Å². The van der Waals surface area contributed by atoms with E-state index in [2.05, 4.69) is 83.2 Å². The molecule has 2 N–H and O–H groups in total. The van der Waals surface area contributed by atoms with E-state index in [0.717, 1.165) is 33.4 Å². The molecule has 222 valence electrons. The lowest BCUT2D eigenvalue weighted by atomic mass is 9.90. The topological polar surface area (TPSA) is 40.5 Å². The zero-order valence-electron chi connectivity index (χ0n) is 27.3. The minimum atomic E-state index is -0.963. The largest absolute Gasteiger partial charge is 0.386 e. The molecule has 2 nitrogen and oxygen atoms in total. The van der Waals surface area contributed by atoms with E-state index >= 15 is 0 Å². The van der Waals surface area contributed by atoms with Crippen molar-refractivity contribution in [1.29, 1.82) is 0 Å². The molecule has 2 rings (SSSR count). The molecular formula is C40H50O2. The van der Waals surface area contributed by atoms with Crippen LogP contribution in [-0.4, -0.2) is 16.3 Å². The van der Waals surface area contributed by atoms with Crippen molar-refractivity contribution in [3.8, 4) is 0 Å². The van der Waals surface area contributed by atoms with Crippen LogP contribution in [0, 0.1) is 41.5 Å². The van der Waals surface area contributed by atoms with E-state index in [1.165, 1.54) is 27.8 Å². The van der Waals surface area contributed by atoms with Crippen molar-refractivity contribution in [2.24, 2.45) is 0 Å². The zero-order chi connectivity index (χ0) is 31.4. The summed E-state index contributed by atoms with van der Waals surface area (Å²) in [5.74, 6) is 0. The minimum Gasteiger partial charge on any atom is -0.386 e. The molecule has 0 aliphatic rings. The maximum Gasteiger partial charge on any atom is 0.109 e. The summed E-state index contributed by atoms with van der Waals surface area (Å²) >= 11 is 0. The first kappa shape index (κ1) is 34.5. The molecule has 0 bridgehead atoms. The van der Waals surface area contributed by atoms with Crippen molar-refractivity contribution < 1.29 is 10.2 Å². The summed E-state index contributed by atoms with van der Waals surface area (Å²) in [5, 5.41) is 21.6. The Morgan fingerprint density at radius 2 is 1.00 bits per heavy atom. The van der Waals surface area contributed by atoms with Gasteiger partial charge in [0.2, 0.25) is 0 Å². The summed E-state index contributed by atoms with van der Waals surface area (Å²) in [7, 11) is 0. The summed E-state index contributed by atoms with van der Waals surface area (Å²) in [6.45, 7) is 20.6. The van der Waals surface area contributed by atoms with Gasteiger partial charge in [0.25, 0.3) is 0 Å². The van der Waals surface area contributed by atoms with Gasteiger partial charge in [-0.3, -0.25) is 0 Å². The molecule has 0 aliphatic carbocycles. The Bertz CT molecular complexity index is 1480. The lowest BCUT2D eigenvalue weighted by molar-refractivity contribution is 0.0404. The molecule has 0 saturated carbocycles. The summed E-state index contributed by atoms with van der Waals surface area (Å²) in [6.07, 6.45) is 22.7. The molecule has 0 heterocycles. The van der Waals surface area contributed by atoms with Crippen LogP contribution in [-0.2, 0) is 0 Å². The average molecular weight is 563 g/mol. The monoisotopic (exact) mass is 562 g/mol. The Morgan fingerprint density at radius 1 is 0.548 bits per heavy atom. The number of benzene rings is 2. The van der Waals surface area contributed by atoms with E-state index < -0.39 is 12.2 Å². The van der Waals surface area contributed by atoms with Gasteiger partial charge in [-0.25, -0.2) is 0 Å². The summed E-state index contributed by atoms with van der Waals surface area (Å²) in [5.41, 5.74) is 13.4. The lowest BCUT2D eigenvalue weighted by Crippen LogP contribution is -2.21. The predicted molar refractivity (Wildman–Crippen MR) is 184 cm³/mol. The maximum absolute atomic E-state index is 10.9. The summed E-state index contributed by atoms with van der Waals surface area (Å²) in [6, 6.07) is 8.40. The number of hydrogen-bond acceptors (Lipinski definition) is 2. The SMILES string of the molecule is CC(/C=C/C=C(C)/C=C/c1c(C)ccc(C)c1C)=C\C=C\C=C(C)\C=C\C=C(/C)C(O)C(O)c1c(C)ccc(C)c1C. The molecule has 2 aromatic rings. The molecule has 0 spiro atoms. The van der Waals surface area contributed by atoms with E-state index in [1.807, 2.05) is 83.2 Å². The number of hydrogen-bond donors (Lipinski definition) is 2. The highest BCUT2D eigenvalue weighted by Gasteiger charge is 2.23. The van der Waals surface area contributed by atoms with Crippen molar-refractivity contribution in [1.82, 2.24) is 0 Å².